The smallest absolute Gasteiger partial charge is 0.314 e. The van der Waals surface area contributed by atoms with Gasteiger partial charge in [-0.25, -0.2) is 8.42 Å². The van der Waals surface area contributed by atoms with Crippen molar-refractivity contribution >= 4 is 27.4 Å². The molecule has 3 rings (SSSR count). The molecule has 0 heterocycles. The van der Waals surface area contributed by atoms with Crippen molar-refractivity contribution in [1.29, 1.82) is 0 Å². The van der Waals surface area contributed by atoms with Gasteiger partial charge < -0.3 is 10.2 Å². The van der Waals surface area contributed by atoms with Crippen molar-refractivity contribution in [3.8, 4) is 0 Å². The molecule has 0 aromatic heterocycles. The summed E-state index contributed by atoms with van der Waals surface area (Å²) < 4.78 is 25.9. The first kappa shape index (κ1) is 17.0. The Hall–Kier alpha value is -1.89. The molecule has 24 heavy (non-hydrogen) atoms. The van der Waals surface area contributed by atoms with Gasteiger partial charge in [0.15, 0.2) is 9.84 Å². The first-order valence-electron chi connectivity index (χ1n) is 7.24. The largest absolute Gasteiger partial charge is 0.481 e. The second-order valence-corrected chi connectivity index (χ2v) is 8.32. The Balaban J connectivity index is 2.13. The maximum atomic E-state index is 12.9. The van der Waals surface area contributed by atoms with Crippen LogP contribution in [0.15, 0.2) is 59.5 Å². The molecule has 0 amide bonds. The lowest BCUT2D eigenvalue weighted by Gasteiger charge is -2.09. The van der Waals surface area contributed by atoms with Gasteiger partial charge in [-0.3, -0.25) is 4.79 Å². The number of hydrogen-bond donors (Lipinski definition) is 2. The molecule has 2 aromatic rings. The highest BCUT2D eigenvalue weighted by Gasteiger charge is 2.75. The Morgan fingerprint density at radius 3 is 2.33 bits per heavy atom. The van der Waals surface area contributed by atoms with Gasteiger partial charge in [-0.05, 0) is 29.8 Å². The SMILES string of the molecule is O=C(O)[C@@]1(CO)[C@@H](c2cccc(Cl)c2)[C@@H]1S(=O)(=O)c1ccccc1. The zero-order valence-corrected chi connectivity index (χ0v) is 14.0. The molecule has 0 bridgehead atoms. The van der Waals surface area contributed by atoms with E-state index in [4.69, 9.17) is 11.6 Å². The van der Waals surface area contributed by atoms with E-state index < -0.39 is 39.0 Å². The number of hydrogen-bond acceptors (Lipinski definition) is 4. The van der Waals surface area contributed by atoms with Crippen molar-refractivity contribution in [2.75, 3.05) is 6.61 Å². The molecule has 126 valence electrons. The minimum atomic E-state index is -3.92. The quantitative estimate of drug-likeness (QED) is 0.847. The zero-order chi connectivity index (χ0) is 17.5. The van der Waals surface area contributed by atoms with E-state index in [1.54, 1.807) is 42.5 Å². The molecule has 3 atom stereocenters. The number of rotatable bonds is 5. The summed E-state index contributed by atoms with van der Waals surface area (Å²) in [4.78, 5) is 11.9. The van der Waals surface area contributed by atoms with Gasteiger partial charge in [0.1, 0.15) is 5.41 Å². The molecule has 2 aromatic carbocycles. The van der Waals surface area contributed by atoms with Crippen molar-refractivity contribution in [3.63, 3.8) is 0 Å². The molecule has 7 heteroatoms. The van der Waals surface area contributed by atoms with Crippen LogP contribution in [0.25, 0.3) is 0 Å². The Bertz CT molecular complexity index is 881. The second kappa shape index (κ2) is 5.88. The molecule has 0 unspecified atom stereocenters. The van der Waals surface area contributed by atoms with Gasteiger partial charge in [-0.1, -0.05) is 41.9 Å². The lowest BCUT2D eigenvalue weighted by molar-refractivity contribution is -0.145. The van der Waals surface area contributed by atoms with Crippen LogP contribution in [-0.4, -0.2) is 36.5 Å². The molecular weight excluding hydrogens is 352 g/mol. The number of carbonyl (C=O) groups is 1. The number of aliphatic hydroxyl groups is 1. The standard InChI is InChI=1S/C17H15ClO5S/c18-12-6-4-5-11(9-12)14-15(17(14,10-19)16(20)21)24(22,23)13-7-2-1-3-8-13/h1-9,14-15,19H,10H2,(H,20,21)/t14-,15-,17-/m0/s1. The van der Waals surface area contributed by atoms with E-state index in [1.807, 2.05) is 0 Å². The fraction of sp³-hybridized carbons (Fsp3) is 0.235. The highest BCUT2D eigenvalue weighted by Crippen LogP contribution is 2.64. The van der Waals surface area contributed by atoms with E-state index in [2.05, 4.69) is 0 Å². The van der Waals surface area contributed by atoms with Gasteiger partial charge in [-0.2, -0.15) is 0 Å². The lowest BCUT2D eigenvalue weighted by Crippen LogP contribution is -2.27. The predicted molar refractivity (Wildman–Crippen MR) is 88.8 cm³/mol. The fourth-order valence-electron chi connectivity index (χ4n) is 3.30. The van der Waals surface area contributed by atoms with Gasteiger partial charge in [0.2, 0.25) is 0 Å². The number of aliphatic hydroxyl groups excluding tert-OH is 1. The average Bonchev–Trinajstić information content (AvgIpc) is 3.27. The summed E-state index contributed by atoms with van der Waals surface area (Å²) in [5, 5.41) is 18.5. The van der Waals surface area contributed by atoms with Crippen LogP contribution in [0.3, 0.4) is 0 Å². The lowest BCUT2D eigenvalue weighted by atomic mass is 10.0. The molecule has 2 N–H and O–H groups in total. The summed E-state index contributed by atoms with van der Waals surface area (Å²) >= 11 is 5.95. The molecule has 1 aliphatic rings. The fourth-order valence-corrected chi connectivity index (χ4v) is 5.88. The zero-order valence-electron chi connectivity index (χ0n) is 12.5. The summed E-state index contributed by atoms with van der Waals surface area (Å²) in [7, 11) is -3.92. The Morgan fingerprint density at radius 2 is 1.79 bits per heavy atom. The maximum absolute atomic E-state index is 12.9. The predicted octanol–water partition coefficient (Wildman–Crippen LogP) is 2.34. The summed E-state index contributed by atoms with van der Waals surface area (Å²) in [6.45, 7) is -0.768. The molecular formula is C17H15ClO5S. The first-order valence-corrected chi connectivity index (χ1v) is 9.17. The van der Waals surface area contributed by atoms with E-state index in [1.165, 1.54) is 12.1 Å². The van der Waals surface area contributed by atoms with Crippen molar-refractivity contribution in [2.24, 2.45) is 5.41 Å². The summed E-state index contributed by atoms with van der Waals surface area (Å²) in [6.07, 6.45) is 0. The second-order valence-electron chi connectivity index (χ2n) is 5.81. The minimum Gasteiger partial charge on any atom is -0.481 e. The number of halogens is 1. The van der Waals surface area contributed by atoms with Crippen LogP contribution in [-0.2, 0) is 14.6 Å². The maximum Gasteiger partial charge on any atom is 0.314 e. The van der Waals surface area contributed by atoms with Crippen LogP contribution in [0.2, 0.25) is 5.02 Å². The third kappa shape index (κ3) is 2.42. The van der Waals surface area contributed by atoms with E-state index in [0.717, 1.165) is 0 Å². The molecule has 0 aliphatic heterocycles. The summed E-state index contributed by atoms with van der Waals surface area (Å²) in [5.74, 6) is -2.19. The van der Waals surface area contributed by atoms with Gasteiger partial charge in [0.05, 0.1) is 16.8 Å². The minimum absolute atomic E-state index is 0.0404. The van der Waals surface area contributed by atoms with Gasteiger partial charge >= 0.3 is 5.97 Å². The van der Waals surface area contributed by atoms with E-state index in [0.29, 0.717) is 10.6 Å². The molecule has 1 aliphatic carbocycles. The Kier molecular flexibility index (Phi) is 4.15. The third-order valence-corrected chi connectivity index (χ3v) is 7.06. The molecule has 0 radical (unpaired) electrons. The average molecular weight is 367 g/mol. The highest BCUT2D eigenvalue weighted by molar-refractivity contribution is 7.92. The van der Waals surface area contributed by atoms with Crippen LogP contribution in [0.5, 0.6) is 0 Å². The topological polar surface area (TPSA) is 91.7 Å². The molecule has 5 nitrogen and oxygen atoms in total. The summed E-state index contributed by atoms with van der Waals surface area (Å²) in [5.41, 5.74) is -1.28. The van der Waals surface area contributed by atoms with Gasteiger partial charge in [0, 0.05) is 10.9 Å². The molecule has 0 spiro atoms. The van der Waals surface area contributed by atoms with Crippen molar-refractivity contribution < 1.29 is 23.4 Å². The van der Waals surface area contributed by atoms with E-state index in [-0.39, 0.29) is 4.90 Å². The highest BCUT2D eigenvalue weighted by atomic mass is 35.5. The van der Waals surface area contributed by atoms with Crippen LogP contribution in [0.1, 0.15) is 11.5 Å². The van der Waals surface area contributed by atoms with Crippen LogP contribution >= 0.6 is 11.6 Å². The first-order chi connectivity index (χ1) is 11.4. The number of benzene rings is 2. The van der Waals surface area contributed by atoms with Crippen molar-refractivity contribution in [1.82, 2.24) is 0 Å². The van der Waals surface area contributed by atoms with Gasteiger partial charge in [0.25, 0.3) is 0 Å². The Morgan fingerprint density at radius 1 is 1.12 bits per heavy atom. The van der Waals surface area contributed by atoms with Crippen LogP contribution < -0.4 is 0 Å². The Labute approximate surface area is 144 Å². The van der Waals surface area contributed by atoms with Crippen molar-refractivity contribution in [2.45, 2.75) is 16.1 Å². The number of carboxylic acids is 1. The molecule has 0 saturated heterocycles. The van der Waals surface area contributed by atoms with Crippen molar-refractivity contribution in [3.05, 3.63) is 65.2 Å². The van der Waals surface area contributed by atoms with E-state index in [9.17, 15) is 23.4 Å². The van der Waals surface area contributed by atoms with Crippen LogP contribution in [0.4, 0.5) is 0 Å². The van der Waals surface area contributed by atoms with Gasteiger partial charge in [-0.15, -0.1) is 0 Å². The van der Waals surface area contributed by atoms with E-state index >= 15 is 0 Å². The van der Waals surface area contributed by atoms with Crippen LogP contribution in [0, 0.1) is 5.41 Å². The normalized spacial score (nSPS) is 26.1. The summed E-state index contributed by atoms with van der Waals surface area (Å²) in [6, 6.07) is 14.1. The molecule has 1 fully saturated rings. The molecule has 1 saturated carbocycles. The number of carboxylic acid groups (broad SMARTS) is 1. The number of aliphatic carboxylic acids is 1. The number of sulfone groups is 1. The monoisotopic (exact) mass is 366 g/mol. The third-order valence-electron chi connectivity index (χ3n) is 4.53.